The first-order valence-electron chi connectivity index (χ1n) is 20.7. The van der Waals surface area contributed by atoms with Crippen molar-refractivity contribution in [3.05, 3.63) is 89.1 Å². The molecule has 0 atom stereocenters. The Morgan fingerprint density at radius 1 is 1.10 bits per heavy atom. The number of hydrogen-bond acceptors (Lipinski definition) is 6. The minimum atomic E-state index is -4.80. The van der Waals surface area contributed by atoms with E-state index in [2.05, 4.69) is 5.32 Å². The molecular formula is C31H33N3O6S. The van der Waals surface area contributed by atoms with Crippen LogP contribution in [0.2, 0.25) is 0 Å². The van der Waals surface area contributed by atoms with E-state index >= 15 is 0 Å². The molecule has 2 amide bonds. The second kappa shape index (κ2) is 11.7. The number of benzene rings is 3. The van der Waals surface area contributed by atoms with Crippen molar-refractivity contribution in [1.82, 2.24) is 9.29 Å². The molecule has 214 valence electrons. The molecule has 5 rings (SSSR count). The first kappa shape index (κ1) is 13.6. The maximum absolute atomic E-state index is 13.2. The molecule has 0 radical (unpaired) electrons. The summed E-state index contributed by atoms with van der Waals surface area (Å²) in [5, 5.41) is 2.21. The van der Waals surface area contributed by atoms with Crippen LogP contribution in [0.25, 0.3) is 10.9 Å². The number of carbonyl (C=O) groups excluding carboxylic acids is 2. The predicted octanol–water partition coefficient (Wildman–Crippen LogP) is 5.70. The molecule has 3 aromatic carbocycles. The van der Waals surface area contributed by atoms with Crippen molar-refractivity contribution in [2.75, 3.05) is 12.4 Å². The Morgan fingerprint density at radius 3 is 2.71 bits per heavy atom. The smallest absolute Gasteiger partial charge is 0.411 e. The van der Waals surface area contributed by atoms with Crippen molar-refractivity contribution in [2.24, 2.45) is 6.98 Å². The van der Waals surface area contributed by atoms with E-state index in [1.54, 1.807) is 4.72 Å². The van der Waals surface area contributed by atoms with Crippen LogP contribution in [-0.4, -0.2) is 38.1 Å². The van der Waals surface area contributed by atoms with Gasteiger partial charge in [0.15, 0.2) is 0 Å². The average molecular weight is 594 g/mol. The van der Waals surface area contributed by atoms with Gasteiger partial charge in [-0.1, -0.05) is 24.3 Å². The Hall–Kier alpha value is -4.31. The highest BCUT2D eigenvalue weighted by atomic mass is 32.2. The molecule has 0 aliphatic heterocycles. The average Bonchev–Trinajstić information content (AvgIpc) is 3.46. The largest absolute Gasteiger partial charge is 0.496 e. The van der Waals surface area contributed by atoms with E-state index in [0.717, 1.165) is 34.9 Å². The minimum Gasteiger partial charge on any atom is -0.496 e. The van der Waals surface area contributed by atoms with Crippen molar-refractivity contribution >= 4 is 38.6 Å². The summed E-state index contributed by atoms with van der Waals surface area (Å²) in [5.74, 6) is -1.78. The maximum atomic E-state index is 13.2. The lowest BCUT2D eigenvalue weighted by Gasteiger charge is -2.13. The number of amides is 2. The van der Waals surface area contributed by atoms with E-state index in [4.69, 9.17) is 34.1 Å². The van der Waals surface area contributed by atoms with E-state index in [1.807, 2.05) is 0 Å². The van der Waals surface area contributed by atoms with E-state index in [-0.39, 0.29) is 34.1 Å². The van der Waals surface area contributed by atoms with Crippen LogP contribution in [0.5, 0.6) is 5.75 Å². The lowest BCUT2D eigenvalue weighted by Crippen LogP contribution is -2.31. The zero-order valence-corrected chi connectivity index (χ0v) is 21.7. The third-order valence-electron chi connectivity index (χ3n) is 5.97. The number of fused-ring (bicyclic) bond motifs is 1. The molecule has 2 N–H and O–H groups in total. The zero-order chi connectivity index (χ0) is 44.7. The van der Waals surface area contributed by atoms with E-state index in [9.17, 15) is 18.0 Å². The molecule has 1 aromatic heterocycles. The van der Waals surface area contributed by atoms with Crippen molar-refractivity contribution in [3.63, 3.8) is 0 Å². The molecule has 1 saturated carbocycles. The first-order chi connectivity index (χ1) is 26.6. The third-order valence-corrected chi connectivity index (χ3v) is 7.36. The molecular weight excluding hydrogens is 542 g/mol. The summed E-state index contributed by atoms with van der Waals surface area (Å²) >= 11 is 0. The van der Waals surface area contributed by atoms with Gasteiger partial charge in [-0.25, -0.2) is 17.9 Å². The summed E-state index contributed by atoms with van der Waals surface area (Å²) in [4.78, 5) is 25.6. The predicted molar refractivity (Wildman–Crippen MR) is 157 cm³/mol. The van der Waals surface area contributed by atoms with Crippen LogP contribution >= 0.6 is 0 Å². The van der Waals surface area contributed by atoms with Gasteiger partial charge in [-0.15, -0.1) is 0 Å². The first-order valence-corrected chi connectivity index (χ1v) is 13.2. The molecule has 41 heavy (non-hydrogen) atoms. The molecule has 9 nitrogen and oxygen atoms in total. The number of anilines is 1. The molecule has 10 heteroatoms. The number of carbonyl (C=O) groups is 2. The Labute approximate surface area is 264 Å². The molecule has 1 heterocycles. The van der Waals surface area contributed by atoms with E-state index in [0.29, 0.717) is 0 Å². The van der Waals surface area contributed by atoms with Gasteiger partial charge >= 0.3 is 6.09 Å². The van der Waals surface area contributed by atoms with Gasteiger partial charge in [0, 0.05) is 60.9 Å². The molecule has 1 fully saturated rings. The number of rotatable bonds is 8. The van der Waals surface area contributed by atoms with Gasteiger partial charge in [-0.05, 0) is 85.4 Å². The quantitative estimate of drug-likeness (QED) is 0.271. The van der Waals surface area contributed by atoms with E-state index in [1.165, 1.54) is 36.5 Å². The summed E-state index contributed by atoms with van der Waals surface area (Å²) in [6.07, 6.45) is -19.4. The maximum Gasteiger partial charge on any atom is 0.411 e. The summed E-state index contributed by atoms with van der Waals surface area (Å²) in [5.41, 5.74) is -1.05. The molecule has 0 bridgehead atoms. The van der Waals surface area contributed by atoms with Crippen LogP contribution < -0.4 is 14.8 Å². The van der Waals surface area contributed by atoms with Gasteiger partial charge < -0.3 is 14.0 Å². The fraction of sp³-hybridized carbons (Fsp3) is 0.290. The van der Waals surface area contributed by atoms with Gasteiger partial charge in [0.2, 0.25) is 0 Å². The number of hydrogen-bond donors (Lipinski definition) is 2. The molecule has 0 spiro atoms. The van der Waals surface area contributed by atoms with Gasteiger partial charge in [0.25, 0.3) is 15.9 Å². The second-order valence-corrected chi connectivity index (χ2v) is 10.3. The highest BCUT2D eigenvalue weighted by molar-refractivity contribution is 7.90. The van der Waals surface area contributed by atoms with Crippen molar-refractivity contribution in [3.8, 4) is 5.75 Å². The Balaban J connectivity index is 1.50. The van der Waals surface area contributed by atoms with Crippen LogP contribution in [0, 0.1) is 6.85 Å². The van der Waals surface area contributed by atoms with Gasteiger partial charge in [-0.2, -0.15) is 0 Å². The van der Waals surface area contributed by atoms with Crippen LogP contribution in [0.1, 0.15) is 77.2 Å². The standard InChI is InChI=1S/C31H33N3O6S/c1-20-8-4-7-11-29(20)41(37,38)33-30(35)22-13-12-21(28(17-22)39-3)16-23-19-34(2)27-15-14-24(18-26(23)27)32-31(36)40-25-9-5-6-10-25/h4,7-8,11-15,17-19,25H,5-6,9-10,16H2,1-3H3,(H,32,36)(H,33,35)/i1D3,2D3,3D3,5D2,6D2,9D2,10D2,25D. The molecule has 0 unspecified atom stereocenters. The highest BCUT2D eigenvalue weighted by Crippen LogP contribution is 2.30. The summed E-state index contributed by atoms with van der Waals surface area (Å²) < 4.78 is 181. The highest BCUT2D eigenvalue weighted by Gasteiger charge is 2.22. The lowest BCUT2D eigenvalue weighted by molar-refractivity contribution is 0.0980. The summed E-state index contributed by atoms with van der Waals surface area (Å²) in [6.45, 7) is -5.68. The lowest BCUT2D eigenvalue weighted by atomic mass is 10.0. The fourth-order valence-electron chi connectivity index (χ4n) is 4.09. The van der Waals surface area contributed by atoms with Crippen LogP contribution in [0.3, 0.4) is 0 Å². The van der Waals surface area contributed by atoms with Crippen molar-refractivity contribution in [2.45, 2.75) is 49.7 Å². The summed E-state index contributed by atoms with van der Waals surface area (Å²) in [7, 11) is -7.94. The minimum absolute atomic E-state index is 0.0148. The monoisotopic (exact) mass is 593 g/mol. The molecule has 1 aliphatic carbocycles. The van der Waals surface area contributed by atoms with Gasteiger partial charge in [0.05, 0.1) is 17.4 Å². The fourth-order valence-corrected chi connectivity index (χ4v) is 5.18. The number of nitrogens with one attached hydrogen (secondary N) is 2. The van der Waals surface area contributed by atoms with Crippen molar-refractivity contribution in [1.29, 1.82) is 0 Å². The number of aromatic nitrogens is 1. The Morgan fingerprint density at radius 2 is 1.93 bits per heavy atom. The van der Waals surface area contributed by atoms with Crippen LogP contribution in [0.15, 0.2) is 71.8 Å². The normalized spacial score (nSPS) is 26.8. The topological polar surface area (TPSA) is 116 Å². The Kier molecular flexibility index (Phi) is 3.86. The van der Waals surface area contributed by atoms with Crippen molar-refractivity contribution < 1.29 is 52.2 Å². The summed E-state index contributed by atoms with van der Waals surface area (Å²) in [6, 6.07) is 11.3. The SMILES string of the molecule is [2H]C([2H])([2H])Oc1cc(C(=O)NS(=O)(=O)c2ccccc2C([2H])([2H])[2H])ccc1Cc1cn(C([2H])([2H])[2H])c2ccc(NC(=O)OC3([2H])C([2H])([2H])C([2H])([2H])C([2H])([2H])C3([2H])[2H])cc12. The number of sulfonamides is 1. The molecule has 0 saturated heterocycles. The second-order valence-electron chi connectivity index (χ2n) is 8.63. The number of methoxy groups -OCH3 is 1. The van der Waals surface area contributed by atoms with E-state index < -0.39 is 96.2 Å². The number of aryl methyl sites for hydroxylation is 2. The molecule has 1 aliphatic rings. The molecule has 4 aromatic rings. The third kappa shape index (κ3) is 6.22. The van der Waals surface area contributed by atoms with Crippen LogP contribution in [0.4, 0.5) is 10.5 Å². The number of ether oxygens (including phenoxy) is 2. The van der Waals surface area contributed by atoms with Gasteiger partial charge in [-0.3, -0.25) is 10.1 Å². The van der Waals surface area contributed by atoms with Crippen LogP contribution in [-0.2, 0) is 28.2 Å². The van der Waals surface area contributed by atoms with Gasteiger partial charge in [0.1, 0.15) is 11.8 Å². The zero-order valence-electron chi connectivity index (χ0n) is 38.9. The number of nitrogens with zero attached hydrogens (tertiary/aromatic N) is 1. The Bertz CT molecular complexity index is 2420.